The second kappa shape index (κ2) is 5.77. The molecule has 0 saturated carbocycles. The van der Waals surface area contributed by atoms with Gasteiger partial charge in [-0.15, -0.1) is 0 Å². The van der Waals surface area contributed by atoms with Crippen LogP contribution in [0, 0.1) is 5.92 Å². The highest BCUT2D eigenvalue weighted by Crippen LogP contribution is 2.29. The van der Waals surface area contributed by atoms with E-state index in [2.05, 4.69) is 40.7 Å². The number of hydrogen-bond donors (Lipinski definition) is 1. The zero-order valence-electron chi connectivity index (χ0n) is 11.8. The number of nitrogens with two attached hydrogens (primary N) is 1. The molecule has 0 radical (unpaired) electrons. The Hall–Kier alpha value is -1.65. The average molecular weight is 271 g/mol. The fourth-order valence-electron chi connectivity index (χ4n) is 2.87. The van der Waals surface area contributed by atoms with Crippen LogP contribution in [0.2, 0.25) is 0 Å². The number of rotatable bonds is 4. The molecule has 3 unspecified atom stereocenters. The van der Waals surface area contributed by atoms with E-state index in [4.69, 9.17) is 10.5 Å². The minimum atomic E-state index is -0.00818. The molecule has 0 bridgehead atoms. The number of aromatic nitrogens is 2. The van der Waals surface area contributed by atoms with E-state index < -0.39 is 0 Å². The predicted molar refractivity (Wildman–Crippen MR) is 78.3 cm³/mol. The maximum absolute atomic E-state index is 6.42. The SMILES string of the molecule is CC(c1ccccc1)n1cncc1C(N)C1CCOC1. The molecule has 2 heterocycles. The summed E-state index contributed by atoms with van der Waals surface area (Å²) < 4.78 is 7.63. The van der Waals surface area contributed by atoms with E-state index in [0.717, 1.165) is 25.3 Å². The van der Waals surface area contributed by atoms with Gasteiger partial charge < -0.3 is 15.0 Å². The first kappa shape index (κ1) is 13.3. The van der Waals surface area contributed by atoms with Gasteiger partial charge in [-0.1, -0.05) is 30.3 Å². The Morgan fingerprint density at radius 1 is 1.35 bits per heavy atom. The summed E-state index contributed by atoms with van der Waals surface area (Å²) in [5.41, 5.74) is 8.78. The van der Waals surface area contributed by atoms with Gasteiger partial charge in [-0.3, -0.25) is 0 Å². The van der Waals surface area contributed by atoms with Crippen molar-refractivity contribution in [3.8, 4) is 0 Å². The molecular weight excluding hydrogens is 250 g/mol. The van der Waals surface area contributed by atoms with Crippen LogP contribution in [0.25, 0.3) is 0 Å². The lowest BCUT2D eigenvalue weighted by atomic mass is 9.96. The Balaban J connectivity index is 1.86. The Morgan fingerprint density at radius 3 is 2.85 bits per heavy atom. The largest absolute Gasteiger partial charge is 0.381 e. The van der Waals surface area contributed by atoms with Gasteiger partial charge in [0.1, 0.15) is 0 Å². The van der Waals surface area contributed by atoms with Gasteiger partial charge in [-0.2, -0.15) is 0 Å². The van der Waals surface area contributed by atoms with Gasteiger partial charge in [0.05, 0.1) is 30.7 Å². The summed E-state index contributed by atoms with van der Waals surface area (Å²) in [7, 11) is 0. The van der Waals surface area contributed by atoms with Gasteiger partial charge in [0.2, 0.25) is 0 Å². The maximum Gasteiger partial charge on any atom is 0.0954 e. The van der Waals surface area contributed by atoms with Gasteiger partial charge >= 0.3 is 0 Å². The minimum absolute atomic E-state index is 0.00818. The summed E-state index contributed by atoms with van der Waals surface area (Å²) in [6.45, 7) is 3.76. The third kappa shape index (κ3) is 2.49. The molecule has 0 amide bonds. The number of hydrogen-bond acceptors (Lipinski definition) is 3. The Bertz CT molecular complexity index is 546. The molecule has 106 valence electrons. The second-order valence-electron chi connectivity index (χ2n) is 5.46. The molecular formula is C16H21N3O. The van der Waals surface area contributed by atoms with Crippen molar-refractivity contribution in [3.05, 3.63) is 54.1 Å². The first-order chi connectivity index (χ1) is 9.77. The molecule has 2 N–H and O–H groups in total. The van der Waals surface area contributed by atoms with Gasteiger partial charge in [0.15, 0.2) is 0 Å². The molecule has 3 rings (SSSR count). The summed E-state index contributed by atoms with van der Waals surface area (Å²) in [5, 5.41) is 0. The van der Waals surface area contributed by atoms with Crippen molar-refractivity contribution in [2.75, 3.05) is 13.2 Å². The van der Waals surface area contributed by atoms with Crippen molar-refractivity contribution >= 4 is 0 Å². The first-order valence-electron chi connectivity index (χ1n) is 7.17. The Kier molecular flexibility index (Phi) is 3.85. The van der Waals surface area contributed by atoms with Crippen LogP contribution in [0.3, 0.4) is 0 Å². The summed E-state index contributed by atoms with van der Waals surface area (Å²) in [6.07, 6.45) is 4.80. The fraction of sp³-hybridized carbons (Fsp3) is 0.438. The average Bonchev–Trinajstić information content (AvgIpc) is 3.18. The van der Waals surface area contributed by atoms with Crippen molar-refractivity contribution in [2.45, 2.75) is 25.4 Å². The van der Waals surface area contributed by atoms with E-state index in [1.807, 2.05) is 18.6 Å². The molecule has 1 saturated heterocycles. The summed E-state index contributed by atoms with van der Waals surface area (Å²) >= 11 is 0. The van der Waals surface area contributed by atoms with Crippen molar-refractivity contribution in [1.82, 2.24) is 9.55 Å². The van der Waals surface area contributed by atoms with E-state index in [1.165, 1.54) is 5.56 Å². The topological polar surface area (TPSA) is 53.1 Å². The molecule has 0 aliphatic carbocycles. The van der Waals surface area contributed by atoms with Crippen LogP contribution in [0.15, 0.2) is 42.9 Å². The highest BCUT2D eigenvalue weighted by molar-refractivity contribution is 5.21. The fourth-order valence-corrected chi connectivity index (χ4v) is 2.87. The highest BCUT2D eigenvalue weighted by Gasteiger charge is 2.27. The number of nitrogens with zero attached hydrogens (tertiary/aromatic N) is 2. The number of benzene rings is 1. The van der Waals surface area contributed by atoms with Crippen molar-refractivity contribution in [3.63, 3.8) is 0 Å². The first-order valence-corrected chi connectivity index (χ1v) is 7.17. The quantitative estimate of drug-likeness (QED) is 0.929. The van der Waals surface area contributed by atoms with Crippen molar-refractivity contribution in [2.24, 2.45) is 11.7 Å². The molecule has 1 aromatic carbocycles. The molecule has 1 aromatic heterocycles. The predicted octanol–water partition coefficient (Wildman–Crippen LogP) is 2.53. The normalized spacial score (nSPS) is 21.8. The summed E-state index contributed by atoms with van der Waals surface area (Å²) in [5.74, 6) is 0.397. The molecule has 0 spiro atoms. The van der Waals surface area contributed by atoms with Crippen LogP contribution >= 0.6 is 0 Å². The third-order valence-corrected chi connectivity index (χ3v) is 4.21. The lowest BCUT2D eigenvalue weighted by molar-refractivity contribution is 0.180. The summed E-state index contributed by atoms with van der Waals surface area (Å²) in [6, 6.07) is 10.7. The molecule has 4 heteroatoms. The molecule has 1 aliphatic heterocycles. The Labute approximate surface area is 119 Å². The van der Waals surface area contributed by atoms with Gasteiger partial charge in [0.25, 0.3) is 0 Å². The number of imidazole rings is 1. The van der Waals surface area contributed by atoms with E-state index in [0.29, 0.717) is 5.92 Å². The van der Waals surface area contributed by atoms with Crippen LogP contribution in [0.4, 0.5) is 0 Å². The molecule has 20 heavy (non-hydrogen) atoms. The third-order valence-electron chi connectivity index (χ3n) is 4.21. The van der Waals surface area contributed by atoms with E-state index in [1.54, 1.807) is 0 Å². The molecule has 1 fully saturated rings. The van der Waals surface area contributed by atoms with Crippen LogP contribution in [-0.2, 0) is 4.74 Å². The van der Waals surface area contributed by atoms with E-state index in [-0.39, 0.29) is 12.1 Å². The standard InChI is InChI=1S/C16H21N3O/c1-12(13-5-3-2-4-6-13)19-11-18-9-15(19)16(17)14-7-8-20-10-14/h2-6,9,11-12,14,16H,7-8,10,17H2,1H3. The lowest BCUT2D eigenvalue weighted by Crippen LogP contribution is -2.25. The van der Waals surface area contributed by atoms with Crippen LogP contribution in [0.1, 0.15) is 36.7 Å². The monoisotopic (exact) mass is 271 g/mol. The van der Waals surface area contributed by atoms with Crippen molar-refractivity contribution < 1.29 is 4.74 Å². The van der Waals surface area contributed by atoms with E-state index in [9.17, 15) is 0 Å². The zero-order chi connectivity index (χ0) is 13.9. The highest BCUT2D eigenvalue weighted by atomic mass is 16.5. The molecule has 3 atom stereocenters. The molecule has 1 aliphatic rings. The smallest absolute Gasteiger partial charge is 0.0954 e. The van der Waals surface area contributed by atoms with Crippen LogP contribution in [0.5, 0.6) is 0 Å². The molecule has 4 nitrogen and oxygen atoms in total. The Morgan fingerprint density at radius 2 is 2.15 bits per heavy atom. The second-order valence-corrected chi connectivity index (χ2v) is 5.46. The van der Waals surface area contributed by atoms with Crippen LogP contribution in [-0.4, -0.2) is 22.8 Å². The molecule has 2 aromatic rings. The van der Waals surface area contributed by atoms with Gasteiger partial charge in [0, 0.05) is 18.7 Å². The maximum atomic E-state index is 6.42. The van der Waals surface area contributed by atoms with Gasteiger partial charge in [-0.25, -0.2) is 4.98 Å². The van der Waals surface area contributed by atoms with E-state index >= 15 is 0 Å². The summed E-state index contributed by atoms with van der Waals surface area (Å²) in [4.78, 5) is 4.30. The number of ether oxygens (including phenoxy) is 1. The lowest BCUT2D eigenvalue weighted by Gasteiger charge is -2.23. The van der Waals surface area contributed by atoms with Crippen LogP contribution < -0.4 is 5.73 Å². The minimum Gasteiger partial charge on any atom is -0.381 e. The van der Waals surface area contributed by atoms with Gasteiger partial charge in [-0.05, 0) is 18.9 Å². The van der Waals surface area contributed by atoms with Crippen molar-refractivity contribution in [1.29, 1.82) is 0 Å². The zero-order valence-corrected chi connectivity index (χ0v) is 11.8.